The summed E-state index contributed by atoms with van der Waals surface area (Å²) in [5, 5.41) is 11.1. The topological polar surface area (TPSA) is 46.0 Å². The maximum Gasteiger partial charge on any atom is 0.120 e. The van der Waals surface area contributed by atoms with Crippen LogP contribution in [0.5, 0.6) is 0 Å². The van der Waals surface area contributed by atoms with Gasteiger partial charge in [-0.05, 0) is 36.5 Å². The molecule has 3 nitrogen and oxygen atoms in total. The highest BCUT2D eigenvalue weighted by Crippen LogP contribution is 2.49. The van der Waals surface area contributed by atoms with E-state index in [-0.39, 0.29) is 5.92 Å². The van der Waals surface area contributed by atoms with Crippen molar-refractivity contribution in [2.24, 2.45) is 5.92 Å². The summed E-state index contributed by atoms with van der Waals surface area (Å²) in [6.07, 6.45) is 6.97. The first kappa shape index (κ1) is 11.8. The number of nitrogens with zero attached hydrogens (tertiary/aromatic N) is 2. The second-order valence-corrected chi connectivity index (χ2v) is 5.59. The first-order valence-corrected chi connectivity index (χ1v) is 6.74. The molecule has 3 rings (SSSR count). The summed E-state index contributed by atoms with van der Waals surface area (Å²) < 4.78 is 1.01. The summed E-state index contributed by atoms with van der Waals surface area (Å²) in [7, 11) is 0. The fourth-order valence-corrected chi connectivity index (χ4v) is 2.60. The van der Waals surface area contributed by atoms with Crippen LogP contribution >= 0.6 is 15.9 Å². The highest BCUT2D eigenvalue weighted by atomic mass is 79.9. The Morgan fingerprint density at radius 2 is 1.67 bits per heavy atom. The molecule has 1 aromatic heterocycles. The Kier molecular flexibility index (Phi) is 2.92. The Morgan fingerprint density at radius 3 is 2.22 bits per heavy atom. The van der Waals surface area contributed by atoms with Gasteiger partial charge in [0.05, 0.1) is 0 Å². The lowest BCUT2D eigenvalue weighted by Gasteiger charge is -2.28. The van der Waals surface area contributed by atoms with Gasteiger partial charge < -0.3 is 5.11 Å². The highest BCUT2D eigenvalue weighted by Gasteiger charge is 2.46. The molecule has 0 radical (unpaired) electrons. The number of aromatic nitrogens is 2. The van der Waals surface area contributed by atoms with Crippen molar-refractivity contribution in [2.75, 3.05) is 0 Å². The predicted molar refractivity (Wildman–Crippen MR) is 71.9 cm³/mol. The molecule has 1 aliphatic rings. The van der Waals surface area contributed by atoms with Crippen LogP contribution in [-0.2, 0) is 5.60 Å². The van der Waals surface area contributed by atoms with Gasteiger partial charge in [-0.15, -0.1) is 0 Å². The molecule has 1 fully saturated rings. The largest absolute Gasteiger partial charge is 0.380 e. The molecule has 0 saturated heterocycles. The van der Waals surface area contributed by atoms with Crippen LogP contribution in [-0.4, -0.2) is 15.1 Å². The van der Waals surface area contributed by atoms with Crippen molar-refractivity contribution < 1.29 is 5.11 Å². The first-order valence-electron chi connectivity index (χ1n) is 5.95. The van der Waals surface area contributed by atoms with E-state index in [0.717, 1.165) is 28.4 Å². The third-order valence-corrected chi connectivity index (χ3v) is 3.98. The lowest BCUT2D eigenvalue weighted by Crippen LogP contribution is -2.30. The third-order valence-electron chi connectivity index (χ3n) is 3.45. The van der Waals surface area contributed by atoms with Crippen molar-refractivity contribution in [1.82, 2.24) is 9.97 Å². The number of hydrogen-bond donors (Lipinski definition) is 1. The average molecular weight is 305 g/mol. The highest BCUT2D eigenvalue weighted by molar-refractivity contribution is 9.10. The second-order valence-electron chi connectivity index (χ2n) is 4.67. The Bertz CT molecular complexity index is 539. The van der Waals surface area contributed by atoms with Gasteiger partial charge in [0.15, 0.2) is 0 Å². The zero-order valence-corrected chi connectivity index (χ0v) is 11.3. The van der Waals surface area contributed by atoms with Gasteiger partial charge in [0.25, 0.3) is 0 Å². The zero-order chi connectivity index (χ0) is 12.6. The SMILES string of the molecule is OC(c1ccc(Br)cc1)(c1cncnc1)C1CC1. The smallest absolute Gasteiger partial charge is 0.120 e. The fourth-order valence-electron chi connectivity index (χ4n) is 2.34. The van der Waals surface area contributed by atoms with Gasteiger partial charge in [-0.2, -0.15) is 0 Å². The fraction of sp³-hybridized carbons (Fsp3) is 0.286. The summed E-state index contributed by atoms with van der Waals surface area (Å²) in [4.78, 5) is 8.05. The number of benzene rings is 1. The molecule has 1 atom stereocenters. The molecule has 0 spiro atoms. The van der Waals surface area contributed by atoms with Crippen LogP contribution in [0.2, 0.25) is 0 Å². The van der Waals surface area contributed by atoms with E-state index >= 15 is 0 Å². The zero-order valence-electron chi connectivity index (χ0n) is 9.75. The van der Waals surface area contributed by atoms with Crippen molar-refractivity contribution in [3.63, 3.8) is 0 Å². The Labute approximate surface area is 114 Å². The standard InChI is InChI=1S/C14H13BrN2O/c15-13-5-3-11(4-6-13)14(18,10-1-2-10)12-7-16-9-17-8-12/h3-10,18H,1-2H2. The monoisotopic (exact) mass is 304 g/mol. The van der Waals surface area contributed by atoms with Crippen LogP contribution in [0.3, 0.4) is 0 Å². The van der Waals surface area contributed by atoms with Crippen LogP contribution in [0.25, 0.3) is 0 Å². The van der Waals surface area contributed by atoms with Crippen molar-refractivity contribution in [3.05, 3.63) is 58.6 Å². The third kappa shape index (κ3) is 1.95. The van der Waals surface area contributed by atoms with Crippen LogP contribution in [0, 0.1) is 5.92 Å². The van der Waals surface area contributed by atoms with Gasteiger partial charge >= 0.3 is 0 Å². The molecule has 1 aromatic carbocycles. The molecule has 1 N–H and O–H groups in total. The summed E-state index contributed by atoms with van der Waals surface area (Å²) in [5.41, 5.74) is 0.722. The quantitative estimate of drug-likeness (QED) is 0.948. The van der Waals surface area contributed by atoms with Crippen LogP contribution in [0.4, 0.5) is 0 Å². The van der Waals surface area contributed by atoms with Gasteiger partial charge in [-0.1, -0.05) is 28.1 Å². The second kappa shape index (κ2) is 4.44. The molecule has 4 heteroatoms. The molecule has 1 saturated carbocycles. The van der Waals surface area contributed by atoms with E-state index in [1.165, 1.54) is 6.33 Å². The van der Waals surface area contributed by atoms with Crippen molar-refractivity contribution >= 4 is 15.9 Å². The molecule has 0 aliphatic heterocycles. The van der Waals surface area contributed by atoms with Gasteiger partial charge in [0.1, 0.15) is 11.9 Å². The van der Waals surface area contributed by atoms with E-state index < -0.39 is 5.60 Å². The minimum Gasteiger partial charge on any atom is -0.380 e. The molecule has 1 aliphatic carbocycles. The van der Waals surface area contributed by atoms with Gasteiger partial charge in [-0.25, -0.2) is 9.97 Å². The summed E-state index contributed by atoms with van der Waals surface area (Å²) in [5.74, 6) is 0.268. The molecule has 0 bridgehead atoms. The summed E-state index contributed by atoms with van der Waals surface area (Å²) >= 11 is 3.41. The summed E-state index contributed by atoms with van der Waals surface area (Å²) in [6.45, 7) is 0. The first-order chi connectivity index (χ1) is 8.71. The number of hydrogen-bond acceptors (Lipinski definition) is 3. The molecule has 1 heterocycles. The molecule has 2 aromatic rings. The Morgan fingerprint density at radius 1 is 1.06 bits per heavy atom. The maximum atomic E-state index is 11.1. The van der Waals surface area contributed by atoms with E-state index in [1.54, 1.807) is 12.4 Å². The van der Waals surface area contributed by atoms with Gasteiger partial charge in [0, 0.05) is 22.4 Å². The molecular weight excluding hydrogens is 292 g/mol. The lowest BCUT2D eigenvalue weighted by molar-refractivity contribution is 0.0557. The number of aliphatic hydroxyl groups is 1. The van der Waals surface area contributed by atoms with Crippen molar-refractivity contribution in [2.45, 2.75) is 18.4 Å². The van der Waals surface area contributed by atoms with Crippen LogP contribution in [0.1, 0.15) is 24.0 Å². The van der Waals surface area contributed by atoms with Gasteiger partial charge in [0.2, 0.25) is 0 Å². The van der Waals surface area contributed by atoms with E-state index in [4.69, 9.17) is 0 Å². The van der Waals surface area contributed by atoms with Crippen LogP contribution in [0.15, 0.2) is 47.5 Å². The van der Waals surface area contributed by atoms with E-state index in [9.17, 15) is 5.11 Å². The van der Waals surface area contributed by atoms with E-state index in [1.807, 2.05) is 24.3 Å². The molecule has 1 unspecified atom stereocenters. The maximum absolute atomic E-state index is 11.1. The van der Waals surface area contributed by atoms with Crippen molar-refractivity contribution in [1.29, 1.82) is 0 Å². The minimum absolute atomic E-state index is 0.268. The predicted octanol–water partition coefficient (Wildman–Crippen LogP) is 2.89. The lowest BCUT2D eigenvalue weighted by atomic mass is 9.83. The number of halogens is 1. The number of rotatable bonds is 3. The van der Waals surface area contributed by atoms with Crippen molar-refractivity contribution in [3.8, 4) is 0 Å². The van der Waals surface area contributed by atoms with E-state index in [0.29, 0.717) is 0 Å². The summed E-state index contributed by atoms with van der Waals surface area (Å²) in [6, 6.07) is 7.81. The molecule has 92 valence electrons. The normalized spacial score (nSPS) is 18.3. The van der Waals surface area contributed by atoms with Gasteiger partial charge in [-0.3, -0.25) is 0 Å². The molecule has 0 amide bonds. The Balaban J connectivity index is 2.09. The molecule has 18 heavy (non-hydrogen) atoms. The Hall–Kier alpha value is -1.26. The van der Waals surface area contributed by atoms with E-state index in [2.05, 4.69) is 25.9 Å². The minimum atomic E-state index is -0.956. The molecular formula is C14H13BrN2O. The average Bonchev–Trinajstić information content (AvgIpc) is 3.24. The van der Waals surface area contributed by atoms with Crippen LogP contribution < -0.4 is 0 Å².